The summed E-state index contributed by atoms with van der Waals surface area (Å²) in [6, 6.07) is 9.79. The smallest absolute Gasteiger partial charge is 0.229 e. The summed E-state index contributed by atoms with van der Waals surface area (Å²) in [5.74, 6) is 1.21. The summed E-state index contributed by atoms with van der Waals surface area (Å²) in [6.45, 7) is 0.965. The molecule has 3 rings (SSSR count). The van der Waals surface area contributed by atoms with E-state index in [4.69, 9.17) is 21.0 Å². The predicted molar refractivity (Wildman–Crippen MR) is 102 cm³/mol. The molecule has 1 aliphatic rings. The van der Waals surface area contributed by atoms with Crippen LogP contribution >= 0.6 is 0 Å². The van der Waals surface area contributed by atoms with Crippen molar-refractivity contribution in [1.82, 2.24) is 9.97 Å². The van der Waals surface area contributed by atoms with E-state index < -0.39 is 0 Å². The highest BCUT2D eigenvalue weighted by Crippen LogP contribution is 2.26. The van der Waals surface area contributed by atoms with Gasteiger partial charge in [0, 0.05) is 0 Å². The molecule has 1 heterocycles. The van der Waals surface area contributed by atoms with Crippen molar-refractivity contribution in [2.75, 3.05) is 18.1 Å². The second-order valence-corrected chi connectivity index (χ2v) is 6.49. The number of aromatic nitrogens is 2. The van der Waals surface area contributed by atoms with Crippen molar-refractivity contribution in [2.24, 2.45) is 11.1 Å². The highest BCUT2D eigenvalue weighted by molar-refractivity contribution is 5.88. The van der Waals surface area contributed by atoms with E-state index in [-0.39, 0.29) is 11.8 Å². The molecule has 1 aliphatic carbocycles. The average molecular weight is 355 g/mol. The zero-order valence-corrected chi connectivity index (χ0v) is 14.8. The van der Waals surface area contributed by atoms with E-state index in [1.165, 1.54) is 38.3 Å². The fraction of sp³-hybridized carbons (Fsp3) is 0.421. The monoisotopic (exact) mass is 355 g/mol. The van der Waals surface area contributed by atoms with Gasteiger partial charge in [0.25, 0.3) is 0 Å². The van der Waals surface area contributed by atoms with Crippen molar-refractivity contribution in [3.05, 3.63) is 41.5 Å². The van der Waals surface area contributed by atoms with Crippen LogP contribution in [0.25, 0.3) is 0 Å². The maximum Gasteiger partial charge on any atom is 0.229 e. The predicted octanol–water partition coefficient (Wildman–Crippen LogP) is 3.15. The van der Waals surface area contributed by atoms with Gasteiger partial charge in [0.15, 0.2) is 0 Å². The minimum atomic E-state index is 0.0866. The SMILES string of the molecule is Nc1nc(N)c(/C=N/OCc2ccccc2)c(OCC2CCCCC2)n1. The third-order valence-electron chi connectivity index (χ3n) is 4.47. The Hall–Kier alpha value is -2.83. The Morgan fingerprint density at radius 1 is 1.08 bits per heavy atom. The van der Waals surface area contributed by atoms with Gasteiger partial charge in [0.2, 0.25) is 11.8 Å². The Bertz CT molecular complexity index is 730. The maximum absolute atomic E-state index is 5.97. The molecule has 1 fully saturated rings. The van der Waals surface area contributed by atoms with Crippen molar-refractivity contribution in [3.63, 3.8) is 0 Å². The van der Waals surface area contributed by atoms with Gasteiger partial charge in [-0.15, -0.1) is 0 Å². The van der Waals surface area contributed by atoms with Crippen LogP contribution in [-0.4, -0.2) is 22.8 Å². The number of hydrogen-bond acceptors (Lipinski definition) is 7. The zero-order valence-electron chi connectivity index (χ0n) is 14.8. The molecule has 1 saturated carbocycles. The van der Waals surface area contributed by atoms with E-state index in [9.17, 15) is 0 Å². The molecule has 7 nitrogen and oxygen atoms in total. The molecule has 1 aromatic carbocycles. The van der Waals surface area contributed by atoms with Crippen LogP contribution in [0.1, 0.15) is 43.2 Å². The summed E-state index contributed by atoms with van der Waals surface area (Å²) < 4.78 is 5.90. The van der Waals surface area contributed by atoms with Gasteiger partial charge in [-0.05, 0) is 24.3 Å². The maximum atomic E-state index is 5.97. The Kier molecular flexibility index (Phi) is 6.24. The summed E-state index contributed by atoms with van der Waals surface area (Å²) in [5, 5.41) is 3.98. The zero-order chi connectivity index (χ0) is 18.2. The van der Waals surface area contributed by atoms with E-state index in [1.54, 1.807) is 0 Å². The fourth-order valence-electron chi connectivity index (χ4n) is 3.04. The first-order valence-corrected chi connectivity index (χ1v) is 8.97. The van der Waals surface area contributed by atoms with Crippen molar-refractivity contribution in [2.45, 2.75) is 38.7 Å². The van der Waals surface area contributed by atoms with Crippen LogP contribution in [0, 0.1) is 5.92 Å². The van der Waals surface area contributed by atoms with Crippen molar-refractivity contribution in [3.8, 4) is 5.88 Å². The molecule has 1 aromatic heterocycles. The molecule has 138 valence electrons. The quantitative estimate of drug-likeness (QED) is 0.583. The molecule has 0 unspecified atom stereocenters. The van der Waals surface area contributed by atoms with E-state index in [0.717, 1.165) is 5.56 Å². The van der Waals surface area contributed by atoms with Gasteiger partial charge >= 0.3 is 0 Å². The molecule has 7 heteroatoms. The molecule has 0 amide bonds. The highest BCUT2D eigenvalue weighted by Gasteiger charge is 2.17. The molecular formula is C19H25N5O2. The minimum Gasteiger partial charge on any atom is -0.477 e. The van der Waals surface area contributed by atoms with E-state index >= 15 is 0 Å². The number of rotatable bonds is 7. The van der Waals surface area contributed by atoms with Crippen LogP contribution in [0.5, 0.6) is 5.88 Å². The number of nitrogens with two attached hydrogens (primary N) is 2. The van der Waals surface area contributed by atoms with Gasteiger partial charge < -0.3 is 21.0 Å². The average Bonchev–Trinajstić information content (AvgIpc) is 2.66. The first-order valence-electron chi connectivity index (χ1n) is 8.97. The number of oxime groups is 1. The van der Waals surface area contributed by atoms with Crippen LogP contribution in [0.3, 0.4) is 0 Å². The van der Waals surface area contributed by atoms with Gasteiger partial charge in [-0.25, -0.2) is 0 Å². The van der Waals surface area contributed by atoms with Crippen LogP contribution in [0.2, 0.25) is 0 Å². The van der Waals surface area contributed by atoms with Gasteiger partial charge in [-0.3, -0.25) is 0 Å². The summed E-state index contributed by atoms with van der Waals surface area (Å²) >= 11 is 0. The summed E-state index contributed by atoms with van der Waals surface area (Å²) in [5.41, 5.74) is 13.2. The molecule has 0 aliphatic heterocycles. The second kappa shape index (κ2) is 9.03. The van der Waals surface area contributed by atoms with Gasteiger partial charge in [0.1, 0.15) is 18.0 Å². The first kappa shape index (κ1) is 18.0. The summed E-state index contributed by atoms with van der Waals surface area (Å²) in [6.07, 6.45) is 7.65. The van der Waals surface area contributed by atoms with Crippen molar-refractivity contribution < 1.29 is 9.57 Å². The van der Waals surface area contributed by atoms with Gasteiger partial charge in [-0.1, -0.05) is 54.8 Å². The molecule has 0 spiro atoms. The van der Waals surface area contributed by atoms with Gasteiger partial charge in [-0.2, -0.15) is 9.97 Å². The number of anilines is 2. The summed E-state index contributed by atoms with van der Waals surface area (Å²) in [7, 11) is 0. The lowest BCUT2D eigenvalue weighted by Gasteiger charge is -2.21. The number of hydrogen-bond donors (Lipinski definition) is 2. The Morgan fingerprint density at radius 3 is 2.62 bits per heavy atom. The third-order valence-corrected chi connectivity index (χ3v) is 4.47. The van der Waals surface area contributed by atoms with Crippen LogP contribution in [0.15, 0.2) is 35.5 Å². The third kappa shape index (κ3) is 5.08. The number of benzene rings is 1. The Balaban J connectivity index is 1.63. The molecule has 0 saturated heterocycles. The molecule has 0 bridgehead atoms. The lowest BCUT2D eigenvalue weighted by Crippen LogP contribution is -2.17. The lowest BCUT2D eigenvalue weighted by molar-refractivity contribution is 0.132. The highest BCUT2D eigenvalue weighted by atomic mass is 16.6. The topological polar surface area (TPSA) is 109 Å². The van der Waals surface area contributed by atoms with E-state index in [2.05, 4.69) is 15.1 Å². The largest absolute Gasteiger partial charge is 0.477 e. The molecule has 2 aromatic rings. The second-order valence-electron chi connectivity index (χ2n) is 6.49. The van der Waals surface area contributed by atoms with Gasteiger partial charge in [0.05, 0.1) is 12.8 Å². The van der Waals surface area contributed by atoms with Crippen molar-refractivity contribution >= 4 is 18.0 Å². The number of nitrogens with zero attached hydrogens (tertiary/aromatic N) is 3. The lowest BCUT2D eigenvalue weighted by atomic mass is 9.90. The van der Waals surface area contributed by atoms with Crippen molar-refractivity contribution in [1.29, 1.82) is 0 Å². The molecule has 4 N–H and O–H groups in total. The minimum absolute atomic E-state index is 0.0866. The van der Waals surface area contributed by atoms with Crippen LogP contribution < -0.4 is 16.2 Å². The van der Waals surface area contributed by atoms with E-state index in [1.807, 2.05) is 30.3 Å². The number of nitrogen functional groups attached to an aromatic ring is 2. The van der Waals surface area contributed by atoms with E-state index in [0.29, 0.717) is 30.6 Å². The Morgan fingerprint density at radius 2 is 1.85 bits per heavy atom. The van der Waals surface area contributed by atoms with Crippen LogP contribution in [-0.2, 0) is 11.4 Å². The van der Waals surface area contributed by atoms with Crippen LogP contribution in [0.4, 0.5) is 11.8 Å². The number of ether oxygens (including phenoxy) is 1. The summed E-state index contributed by atoms with van der Waals surface area (Å²) in [4.78, 5) is 13.5. The standard InChI is InChI=1S/C19H25N5O2/c20-17-16(11-22-26-13-15-9-5-2-6-10-15)18(24-19(21)23-17)25-12-14-7-3-1-4-8-14/h2,5-6,9-11,14H,1,3-4,7-8,12-13H2,(H4,20,21,23,24)/b22-11+. The Labute approximate surface area is 153 Å². The molecule has 0 radical (unpaired) electrons. The normalized spacial score (nSPS) is 15.2. The fourth-order valence-corrected chi connectivity index (χ4v) is 3.04. The molecule has 0 atom stereocenters. The molecular weight excluding hydrogens is 330 g/mol. The first-order chi connectivity index (χ1) is 12.7. The molecule has 26 heavy (non-hydrogen) atoms.